The van der Waals surface area contributed by atoms with Gasteiger partial charge >= 0.3 is 0 Å². The van der Waals surface area contributed by atoms with Gasteiger partial charge in [-0.2, -0.15) is 0 Å². The lowest BCUT2D eigenvalue weighted by atomic mass is 10.1. The van der Waals surface area contributed by atoms with Crippen LogP contribution in [-0.4, -0.2) is 24.0 Å². The molecule has 2 N–H and O–H groups in total. The Balaban J connectivity index is 1.97. The zero-order chi connectivity index (χ0) is 15.1. The predicted molar refractivity (Wildman–Crippen MR) is 85.6 cm³/mol. The molecule has 0 saturated carbocycles. The standard InChI is InChI=1S/C17H21N3O/c1-3-19-16-11-13(2)6-7-15(16)17(21)20-10-8-14-5-4-9-18-12-14/h4-7,9,11-12,19H,3,8,10H2,1-2H3,(H,20,21). The first kappa shape index (κ1) is 15.0. The SMILES string of the molecule is CCNc1cc(C)ccc1C(=O)NCCc1cccnc1. The van der Waals surface area contributed by atoms with E-state index in [0.717, 1.165) is 29.8 Å². The molecule has 1 amide bonds. The van der Waals surface area contributed by atoms with E-state index in [2.05, 4.69) is 15.6 Å². The monoisotopic (exact) mass is 283 g/mol. The molecular weight excluding hydrogens is 262 g/mol. The van der Waals surface area contributed by atoms with Crippen molar-refractivity contribution in [3.8, 4) is 0 Å². The van der Waals surface area contributed by atoms with Crippen molar-refractivity contribution in [1.82, 2.24) is 10.3 Å². The molecule has 1 aromatic heterocycles. The third-order valence-corrected chi connectivity index (χ3v) is 3.21. The minimum atomic E-state index is -0.0464. The van der Waals surface area contributed by atoms with E-state index >= 15 is 0 Å². The van der Waals surface area contributed by atoms with Gasteiger partial charge in [0.15, 0.2) is 0 Å². The summed E-state index contributed by atoms with van der Waals surface area (Å²) in [6.07, 6.45) is 4.35. The van der Waals surface area contributed by atoms with E-state index in [1.54, 1.807) is 6.20 Å². The van der Waals surface area contributed by atoms with Gasteiger partial charge in [0, 0.05) is 31.2 Å². The Labute approximate surface area is 125 Å². The van der Waals surface area contributed by atoms with Crippen LogP contribution in [0.15, 0.2) is 42.7 Å². The van der Waals surface area contributed by atoms with E-state index in [9.17, 15) is 4.79 Å². The molecule has 0 aliphatic heterocycles. The van der Waals surface area contributed by atoms with Crippen LogP contribution < -0.4 is 10.6 Å². The fourth-order valence-electron chi connectivity index (χ4n) is 2.15. The van der Waals surface area contributed by atoms with Crippen molar-refractivity contribution in [2.24, 2.45) is 0 Å². The summed E-state index contributed by atoms with van der Waals surface area (Å²) in [6.45, 7) is 5.43. The van der Waals surface area contributed by atoms with Crippen LogP contribution in [0.4, 0.5) is 5.69 Å². The smallest absolute Gasteiger partial charge is 0.253 e. The third-order valence-electron chi connectivity index (χ3n) is 3.21. The molecule has 4 nitrogen and oxygen atoms in total. The summed E-state index contributed by atoms with van der Waals surface area (Å²) in [5.41, 5.74) is 3.83. The van der Waals surface area contributed by atoms with Gasteiger partial charge in [0.05, 0.1) is 5.56 Å². The first-order valence-electron chi connectivity index (χ1n) is 7.22. The van der Waals surface area contributed by atoms with E-state index in [1.807, 2.05) is 50.4 Å². The molecule has 0 bridgehead atoms. The van der Waals surface area contributed by atoms with E-state index in [-0.39, 0.29) is 5.91 Å². The number of amides is 1. The average Bonchev–Trinajstić information content (AvgIpc) is 2.49. The van der Waals surface area contributed by atoms with Crippen molar-refractivity contribution in [2.75, 3.05) is 18.4 Å². The summed E-state index contributed by atoms with van der Waals surface area (Å²) < 4.78 is 0. The number of nitrogens with one attached hydrogen (secondary N) is 2. The second kappa shape index (κ2) is 7.43. The molecule has 0 unspecified atom stereocenters. The van der Waals surface area contributed by atoms with Gasteiger partial charge in [-0.15, -0.1) is 0 Å². The van der Waals surface area contributed by atoms with Crippen LogP contribution in [-0.2, 0) is 6.42 Å². The lowest BCUT2D eigenvalue weighted by Gasteiger charge is -2.12. The van der Waals surface area contributed by atoms with Crippen molar-refractivity contribution in [3.63, 3.8) is 0 Å². The lowest BCUT2D eigenvalue weighted by Crippen LogP contribution is -2.26. The number of pyridine rings is 1. The number of rotatable bonds is 6. The largest absolute Gasteiger partial charge is 0.385 e. The molecule has 0 radical (unpaired) electrons. The Morgan fingerprint density at radius 1 is 1.29 bits per heavy atom. The molecule has 1 heterocycles. The van der Waals surface area contributed by atoms with Gasteiger partial charge in [-0.3, -0.25) is 9.78 Å². The molecule has 1 aromatic carbocycles. The van der Waals surface area contributed by atoms with Crippen LogP contribution in [0.5, 0.6) is 0 Å². The molecule has 0 fully saturated rings. The van der Waals surface area contributed by atoms with Crippen LogP contribution in [0.2, 0.25) is 0 Å². The Bertz CT molecular complexity index is 596. The highest BCUT2D eigenvalue weighted by Gasteiger charge is 2.10. The fraction of sp³-hybridized carbons (Fsp3) is 0.294. The lowest BCUT2D eigenvalue weighted by molar-refractivity contribution is 0.0955. The van der Waals surface area contributed by atoms with Crippen LogP contribution in [0.3, 0.4) is 0 Å². The number of carbonyl (C=O) groups is 1. The van der Waals surface area contributed by atoms with Gasteiger partial charge in [-0.25, -0.2) is 0 Å². The van der Waals surface area contributed by atoms with Crippen LogP contribution in [0.25, 0.3) is 0 Å². The van der Waals surface area contributed by atoms with Gasteiger partial charge in [-0.1, -0.05) is 12.1 Å². The van der Waals surface area contributed by atoms with E-state index in [4.69, 9.17) is 0 Å². The highest BCUT2D eigenvalue weighted by Crippen LogP contribution is 2.17. The zero-order valence-corrected chi connectivity index (χ0v) is 12.5. The molecule has 0 aliphatic rings. The Kier molecular flexibility index (Phi) is 5.32. The summed E-state index contributed by atoms with van der Waals surface area (Å²) in [7, 11) is 0. The summed E-state index contributed by atoms with van der Waals surface area (Å²) in [6, 6.07) is 9.73. The molecule has 2 rings (SSSR count). The molecular formula is C17H21N3O. The summed E-state index contributed by atoms with van der Waals surface area (Å²) >= 11 is 0. The predicted octanol–water partition coefficient (Wildman–Crippen LogP) is 2.79. The van der Waals surface area contributed by atoms with Crippen molar-refractivity contribution >= 4 is 11.6 Å². The van der Waals surface area contributed by atoms with Crippen molar-refractivity contribution in [1.29, 1.82) is 0 Å². The normalized spacial score (nSPS) is 10.2. The summed E-state index contributed by atoms with van der Waals surface area (Å²) in [4.78, 5) is 16.3. The number of carbonyl (C=O) groups excluding carboxylic acids is 1. The van der Waals surface area contributed by atoms with E-state index in [0.29, 0.717) is 12.1 Å². The highest BCUT2D eigenvalue weighted by molar-refractivity contribution is 5.99. The molecule has 0 atom stereocenters. The molecule has 110 valence electrons. The van der Waals surface area contributed by atoms with Crippen molar-refractivity contribution in [3.05, 3.63) is 59.4 Å². The number of anilines is 1. The molecule has 21 heavy (non-hydrogen) atoms. The molecule has 2 aromatic rings. The van der Waals surface area contributed by atoms with Gasteiger partial charge < -0.3 is 10.6 Å². The summed E-state index contributed by atoms with van der Waals surface area (Å²) in [5, 5.41) is 6.19. The van der Waals surface area contributed by atoms with Gasteiger partial charge in [-0.05, 0) is 49.6 Å². The molecule has 0 saturated heterocycles. The second-order valence-corrected chi connectivity index (χ2v) is 4.95. The Morgan fingerprint density at radius 3 is 2.86 bits per heavy atom. The Hall–Kier alpha value is -2.36. The maximum absolute atomic E-state index is 12.3. The summed E-state index contributed by atoms with van der Waals surface area (Å²) in [5.74, 6) is -0.0464. The molecule has 4 heteroatoms. The first-order valence-corrected chi connectivity index (χ1v) is 7.22. The number of aryl methyl sites for hydroxylation is 1. The van der Waals surface area contributed by atoms with Gasteiger partial charge in [0.25, 0.3) is 5.91 Å². The van der Waals surface area contributed by atoms with E-state index in [1.165, 1.54) is 0 Å². The quantitative estimate of drug-likeness (QED) is 0.857. The highest BCUT2D eigenvalue weighted by atomic mass is 16.1. The zero-order valence-electron chi connectivity index (χ0n) is 12.5. The van der Waals surface area contributed by atoms with Crippen LogP contribution >= 0.6 is 0 Å². The maximum atomic E-state index is 12.3. The number of hydrogen-bond acceptors (Lipinski definition) is 3. The van der Waals surface area contributed by atoms with Crippen LogP contribution in [0.1, 0.15) is 28.4 Å². The maximum Gasteiger partial charge on any atom is 0.253 e. The van der Waals surface area contributed by atoms with Crippen LogP contribution in [0, 0.1) is 6.92 Å². The van der Waals surface area contributed by atoms with Crippen molar-refractivity contribution in [2.45, 2.75) is 20.3 Å². The first-order chi connectivity index (χ1) is 10.2. The third kappa shape index (κ3) is 4.31. The minimum absolute atomic E-state index is 0.0464. The molecule has 0 aliphatic carbocycles. The second-order valence-electron chi connectivity index (χ2n) is 4.95. The van der Waals surface area contributed by atoms with E-state index < -0.39 is 0 Å². The number of benzene rings is 1. The number of hydrogen-bond donors (Lipinski definition) is 2. The van der Waals surface area contributed by atoms with Gasteiger partial charge in [0.1, 0.15) is 0 Å². The fourth-order valence-corrected chi connectivity index (χ4v) is 2.15. The Morgan fingerprint density at radius 2 is 2.14 bits per heavy atom. The minimum Gasteiger partial charge on any atom is -0.385 e. The average molecular weight is 283 g/mol. The van der Waals surface area contributed by atoms with Gasteiger partial charge in [0.2, 0.25) is 0 Å². The van der Waals surface area contributed by atoms with Crippen molar-refractivity contribution < 1.29 is 4.79 Å². The number of nitrogens with zero attached hydrogens (tertiary/aromatic N) is 1. The topological polar surface area (TPSA) is 54.0 Å². The number of aromatic nitrogens is 1. The molecule has 0 spiro atoms.